The molecule has 1 aromatic rings. The van der Waals surface area contributed by atoms with Crippen LogP contribution < -0.4 is 16.4 Å². The van der Waals surface area contributed by atoms with Gasteiger partial charge >= 0.3 is 0 Å². The second kappa shape index (κ2) is 6.05. The van der Waals surface area contributed by atoms with Crippen molar-refractivity contribution in [2.45, 2.75) is 38.1 Å². The molecule has 0 aromatic heterocycles. The Morgan fingerprint density at radius 1 is 1.40 bits per heavy atom. The van der Waals surface area contributed by atoms with E-state index in [0.29, 0.717) is 5.69 Å². The number of anilines is 1. The number of primary amides is 1. The largest absolute Gasteiger partial charge is 0.369 e. The zero-order chi connectivity index (χ0) is 14.6. The van der Waals surface area contributed by atoms with E-state index in [-0.39, 0.29) is 12.3 Å². The standard InChI is InChI=1S/C15H21N3O2/c1-2-15(8-5-9-17-15)14(20)18-12-7-4-3-6-11(12)10-13(16)19/h3-4,6-7,17H,2,5,8-10H2,1H3,(H2,16,19)(H,18,20). The number of hydrogen-bond donors (Lipinski definition) is 3. The van der Waals surface area contributed by atoms with Crippen LogP contribution in [-0.2, 0) is 16.0 Å². The quantitative estimate of drug-likeness (QED) is 0.754. The lowest BCUT2D eigenvalue weighted by atomic mass is 9.93. The molecule has 0 radical (unpaired) electrons. The molecule has 20 heavy (non-hydrogen) atoms. The van der Waals surface area contributed by atoms with Gasteiger partial charge in [0.1, 0.15) is 0 Å². The molecule has 1 saturated heterocycles. The molecule has 0 saturated carbocycles. The molecule has 2 amide bonds. The molecule has 0 spiro atoms. The van der Waals surface area contributed by atoms with E-state index in [1.54, 1.807) is 12.1 Å². The Morgan fingerprint density at radius 2 is 2.15 bits per heavy atom. The number of para-hydroxylation sites is 1. The van der Waals surface area contributed by atoms with Gasteiger partial charge in [-0.15, -0.1) is 0 Å². The first kappa shape index (κ1) is 14.5. The minimum atomic E-state index is -0.486. The summed E-state index contributed by atoms with van der Waals surface area (Å²) in [5.74, 6) is -0.440. The molecule has 5 nitrogen and oxygen atoms in total. The lowest BCUT2D eigenvalue weighted by Gasteiger charge is -2.27. The highest BCUT2D eigenvalue weighted by Crippen LogP contribution is 2.26. The van der Waals surface area contributed by atoms with Crippen molar-refractivity contribution in [2.75, 3.05) is 11.9 Å². The first-order valence-electron chi connectivity index (χ1n) is 7.00. The average molecular weight is 275 g/mol. The first-order valence-corrected chi connectivity index (χ1v) is 7.00. The first-order chi connectivity index (χ1) is 9.57. The summed E-state index contributed by atoms with van der Waals surface area (Å²) in [6.07, 6.45) is 2.72. The van der Waals surface area contributed by atoms with E-state index in [9.17, 15) is 9.59 Å². The number of nitrogens with two attached hydrogens (primary N) is 1. The zero-order valence-electron chi connectivity index (χ0n) is 11.7. The lowest BCUT2D eigenvalue weighted by Crippen LogP contribution is -2.50. The minimum absolute atomic E-state index is 0.0329. The molecule has 0 bridgehead atoms. The monoisotopic (exact) mass is 275 g/mol. The Labute approximate surface area is 118 Å². The maximum atomic E-state index is 12.5. The summed E-state index contributed by atoms with van der Waals surface area (Å²) in [5, 5.41) is 6.24. The Balaban J connectivity index is 2.17. The van der Waals surface area contributed by atoms with Crippen LogP contribution in [-0.4, -0.2) is 23.9 Å². The third-order valence-corrected chi connectivity index (χ3v) is 3.91. The van der Waals surface area contributed by atoms with Crippen LogP contribution in [0.25, 0.3) is 0 Å². The fourth-order valence-electron chi connectivity index (χ4n) is 2.69. The lowest BCUT2D eigenvalue weighted by molar-refractivity contribution is -0.122. The summed E-state index contributed by atoms with van der Waals surface area (Å²) in [4.78, 5) is 23.6. The van der Waals surface area contributed by atoms with Crippen LogP contribution in [0.1, 0.15) is 31.7 Å². The maximum absolute atomic E-state index is 12.5. The van der Waals surface area contributed by atoms with Crippen molar-refractivity contribution in [3.63, 3.8) is 0 Å². The highest BCUT2D eigenvalue weighted by molar-refractivity contribution is 5.99. The van der Waals surface area contributed by atoms with Crippen molar-refractivity contribution in [3.8, 4) is 0 Å². The number of carbonyl (C=O) groups excluding carboxylic acids is 2. The summed E-state index contributed by atoms with van der Waals surface area (Å²) in [7, 11) is 0. The van der Waals surface area contributed by atoms with E-state index in [0.717, 1.165) is 31.4 Å². The van der Waals surface area contributed by atoms with Gasteiger partial charge in [-0.25, -0.2) is 0 Å². The van der Waals surface area contributed by atoms with Gasteiger partial charge < -0.3 is 16.4 Å². The normalized spacial score (nSPS) is 21.6. The molecule has 1 aromatic carbocycles. The average Bonchev–Trinajstić information content (AvgIpc) is 2.90. The van der Waals surface area contributed by atoms with Crippen molar-refractivity contribution < 1.29 is 9.59 Å². The number of hydrogen-bond acceptors (Lipinski definition) is 3. The highest BCUT2D eigenvalue weighted by atomic mass is 16.2. The number of benzene rings is 1. The van der Waals surface area contributed by atoms with E-state index in [1.165, 1.54) is 0 Å². The molecule has 2 rings (SSSR count). The van der Waals surface area contributed by atoms with Crippen molar-refractivity contribution >= 4 is 17.5 Å². The van der Waals surface area contributed by atoms with Gasteiger partial charge in [-0.2, -0.15) is 0 Å². The van der Waals surface area contributed by atoms with Gasteiger partial charge in [-0.3, -0.25) is 9.59 Å². The van der Waals surface area contributed by atoms with Crippen LogP contribution in [0.3, 0.4) is 0 Å². The molecule has 1 atom stereocenters. The fraction of sp³-hybridized carbons (Fsp3) is 0.467. The van der Waals surface area contributed by atoms with Crippen molar-refractivity contribution in [2.24, 2.45) is 5.73 Å². The van der Waals surface area contributed by atoms with Crippen molar-refractivity contribution in [1.82, 2.24) is 5.32 Å². The molecule has 1 heterocycles. The van der Waals surface area contributed by atoms with Crippen LogP contribution in [0.15, 0.2) is 24.3 Å². The van der Waals surface area contributed by atoms with Gasteiger partial charge in [0.2, 0.25) is 11.8 Å². The number of amides is 2. The SMILES string of the molecule is CCC1(C(=O)Nc2ccccc2CC(N)=O)CCCN1. The summed E-state index contributed by atoms with van der Waals surface area (Å²) in [5.41, 5.74) is 6.16. The molecule has 0 aliphatic carbocycles. The summed E-state index contributed by atoms with van der Waals surface area (Å²) >= 11 is 0. The molecule has 1 fully saturated rings. The molecular formula is C15H21N3O2. The van der Waals surface area contributed by atoms with Crippen molar-refractivity contribution in [3.05, 3.63) is 29.8 Å². The van der Waals surface area contributed by atoms with Crippen molar-refractivity contribution in [1.29, 1.82) is 0 Å². The topological polar surface area (TPSA) is 84.2 Å². The predicted molar refractivity (Wildman–Crippen MR) is 78.2 cm³/mol. The molecule has 1 aliphatic rings. The molecule has 5 heteroatoms. The van der Waals surface area contributed by atoms with Gasteiger partial charge in [-0.05, 0) is 37.4 Å². The van der Waals surface area contributed by atoms with Gasteiger partial charge in [0.15, 0.2) is 0 Å². The molecule has 1 unspecified atom stereocenters. The number of carbonyl (C=O) groups is 2. The van der Waals surface area contributed by atoms with Gasteiger partial charge in [0, 0.05) is 5.69 Å². The Bertz CT molecular complexity index is 508. The molecule has 108 valence electrons. The summed E-state index contributed by atoms with van der Waals surface area (Å²) in [6, 6.07) is 7.27. The minimum Gasteiger partial charge on any atom is -0.369 e. The van der Waals surface area contributed by atoms with Crippen LogP contribution in [0.4, 0.5) is 5.69 Å². The van der Waals surface area contributed by atoms with E-state index in [2.05, 4.69) is 10.6 Å². The predicted octanol–water partition coefficient (Wildman–Crippen LogP) is 1.19. The van der Waals surface area contributed by atoms with E-state index < -0.39 is 11.4 Å². The second-order valence-corrected chi connectivity index (χ2v) is 5.22. The third-order valence-electron chi connectivity index (χ3n) is 3.91. The van der Waals surface area contributed by atoms with Crippen LogP contribution in [0.5, 0.6) is 0 Å². The number of rotatable bonds is 5. The fourth-order valence-corrected chi connectivity index (χ4v) is 2.69. The van der Waals surface area contributed by atoms with E-state index >= 15 is 0 Å². The van der Waals surface area contributed by atoms with Crippen LogP contribution >= 0.6 is 0 Å². The zero-order valence-corrected chi connectivity index (χ0v) is 11.7. The van der Waals surface area contributed by atoms with E-state index in [4.69, 9.17) is 5.73 Å². The molecule has 1 aliphatic heterocycles. The van der Waals surface area contributed by atoms with Gasteiger partial charge in [-0.1, -0.05) is 25.1 Å². The maximum Gasteiger partial charge on any atom is 0.244 e. The third kappa shape index (κ3) is 2.99. The van der Waals surface area contributed by atoms with E-state index in [1.807, 2.05) is 19.1 Å². The van der Waals surface area contributed by atoms with Gasteiger partial charge in [0.25, 0.3) is 0 Å². The Morgan fingerprint density at radius 3 is 2.75 bits per heavy atom. The van der Waals surface area contributed by atoms with Crippen LogP contribution in [0, 0.1) is 0 Å². The second-order valence-electron chi connectivity index (χ2n) is 5.22. The summed E-state index contributed by atoms with van der Waals surface area (Å²) in [6.45, 7) is 2.87. The number of nitrogens with one attached hydrogen (secondary N) is 2. The Kier molecular flexibility index (Phi) is 4.39. The Hall–Kier alpha value is -1.88. The van der Waals surface area contributed by atoms with Gasteiger partial charge in [0.05, 0.1) is 12.0 Å². The smallest absolute Gasteiger partial charge is 0.244 e. The highest BCUT2D eigenvalue weighted by Gasteiger charge is 2.39. The molecule has 4 N–H and O–H groups in total. The molecular weight excluding hydrogens is 254 g/mol. The van der Waals surface area contributed by atoms with Crippen LogP contribution in [0.2, 0.25) is 0 Å². The summed E-state index contributed by atoms with van der Waals surface area (Å²) < 4.78 is 0.